The van der Waals surface area contributed by atoms with Crippen molar-refractivity contribution in [1.29, 1.82) is 0 Å². The summed E-state index contributed by atoms with van der Waals surface area (Å²) in [4.78, 5) is 8.10. The van der Waals surface area contributed by atoms with E-state index in [2.05, 4.69) is 9.98 Å². The second-order valence-electron chi connectivity index (χ2n) is 2.00. The fourth-order valence-electron chi connectivity index (χ4n) is 0.798. The Bertz CT molecular complexity index is 244. The molecule has 0 saturated heterocycles. The number of hydrogen-bond acceptors (Lipinski definition) is 2. The SMILES string of the molecule is CC=Nc1nccn1/C=C\C. The molecule has 0 radical (unpaired) electrons. The van der Waals surface area contributed by atoms with Crippen LogP contribution in [0.15, 0.2) is 23.5 Å². The average Bonchev–Trinajstić information content (AvgIpc) is 2.39. The lowest BCUT2D eigenvalue weighted by Gasteiger charge is -1.93. The molecule has 0 unspecified atom stereocenters. The summed E-state index contributed by atoms with van der Waals surface area (Å²) in [6.07, 6.45) is 9.17. The molecule has 0 N–H and O–H groups in total. The number of imidazole rings is 1. The average molecular weight is 149 g/mol. The Hall–Kier alpha value is -1.38. The van der Waals surface area contributed by atoms with Gasteiger partial charge in [-0.3, -0.25) is 4.57 Å². The monoisotopic (exact) mass is 149 g/mol. The number of aliphatic imine (C=N–C) groups is 1. The summed E-state index contributed by atoms with van der Waals surface area (Å²) < 4.78 is 1.86. The number of hydrogen-bond donors (Lipinski definition) is 0. The maximum Gasteiger partial charge on any atom is 0.233 e. The van der Waals surface area contributed by atoms with Crippen LogP contribution in [0.3, 0.4) is 0 Å². The second-order valence-corrected chi connectivity index (χ2v) is 2.00. The maximum absolute atomic E-state index is 4.06. The summed E-state index contributed by atoms with van der Waals surface area (Å²) in [5.74, 6) is 0.714. The van der Waals surface area contributed by atoms with Crippen molar-refractivity contribution in [2.75, 3.05) is 0 Å². The van der Waals surface area contributed by atoms with Crippen LogP contribution in [0.4, 0.5) is 5.95 Å². The first-order valence-corrected chi connectivity index (χ1v) is 3.52. The topological polar surface area (TPSA) is 30.2 Å². The van der Waals surface area contributed by atoms with E-state index in [1.54, 1.807) is 12.4 Å². The van der Waals surface area contributed by atoms with Gasteiger partial charge in [0.15, 0.2) is 0 Å². The van der Waals surface area contributed by atoms with E-state index in [0.29, 0.717) is 5.95 Å². The molecule has 0 amide bonds. The van der Waals surface area contributed by atoms with Gasteiger partial charge in [0.2, 0.25) is 5.95 Å². The molecule has 1 heterocycles. The molecule has 3 heteroatoms. The minimum Gasteiger partial charge on any atom is -0.292 e. The first-order valence-electron chi connectivity index (χ1n) is 3.52. The van der Waals surface area contributed by atoms with E-state index >= 15 is 0 Å². The molecule has 11 heavy (non-hydrogen) atoms. The van der Waals surface area contributed by atoms with Gasteiger partial charge in [0.25, 0.3) is 0 Å². The van der Waals surface area contributed by atoms with Crippen molar-refractivity contribution in [3.05, 3.63) is 18.5 Å². The molecule has 0 aliphatic rings. The fraction of sp³-hybridized carbons (Fsp3) is 0.250. The van der Waals surface area contributed by atoms with Gasteiger partial charge in [-0.1, -0.05) is 6.08 Å². The molecule has 0 aliphatic carbocycles. The van der Waals surface area contributed by atoms with Crippen molar-refractivity contribution in [1.82, 2.24) is 9.55 Å². The minimum absolute atomic E-state index is 0.714. The molecule has 0 aromatic carbocycles. The molecule has 0 saturated carbocycles. The van der Waals surface area contributed by atoms with Crippen LogP contribution in [0.25, 0.3) is 6.20 Å². The Morgan fingerprint density at radius 1 is 1.55 bits per heavy atom. The van der Waals surface area contributed by atoms with Crippen LogP contribution >= 0.6 is 0 Å². The molecular formula is C8H11N3. The molecule has 0 bridgehead atoms. The third-order valence-corrected chi connectivity index (χ3v) is 1.20. The van der Waals surface area contributed by atoms with Crippen molar-refractivity contribution in [3.63, 3.8) is 0 Å². The van der Waals surface area contributed by atoms with Gasteiger partial charge >= 0.3 is 0 Å². The fourth-order valence-corrected chi connectivity index (χ4v) is 0.798. The summed E-state index contributed by atoms with van der Waals surface area (Å²) in [5, 5.41) is 0. The van der Waals surface area contributed by atoms with Crippen LogP contribution in [-0.4, -0.2) is 15.8 Å². The van der Waals surface area contributed by atoms with Crippen molar-refractivity contribution in [2.45, 2.75) is 13.8 Å². The van der Waals surface area contributed by atoms with E-state index in [4.69, 9.17) is 0 Å². The smallest absolute Gasteiger partial charge is 0.233 e. The first kappa shape index (κ1) is 7.72. The molecule has 0 aliphatic heterocycles. The van der Waals surface area contributed by atoms with Crippen molar-refractivity contribution < 1.29 is 0 Å². The Kier molecular flexibility index (Phi) is 2.60. The quantitative estimate of drug-likeness (QED) is 0.592. The van der Waals surface area contributed by atoms with Gasteiger partial charge in [0, 0.05) is 24.8 Å². The lowest BCUT2D eigenvalue weighted by molar-refractivity contribution is 1.11. The number of nitrogens with zero attached hydrogens (tertiary/aromatic N) is 3. The maximum atomic E-state index is 4.06. The van der Waals surface area contributed by atoms with Gasteiger partial charge in [-0.25, -0.2) is 9.98 Å². The number of aromatic nitrogens is 2. The summed E-state index contributed by atoms with van der Waals surface area (Å²) in [6.45, 7) is 3.83. The molecule has 1 aromatic rings. The van der Waals surface area contributed by atoms with Crippen LogP contribution in [-0.2, 0) is 0 Å². The normalized spacial score (nSPS) is 11.8. The summed E-state index contributed by atoms with van der Waals surface area (Å²) in [6, 6.07) is 0. The van der Waals surface area contributed by atoms with Crippen LogP contribution in [0.5, 0.6) is 0 Å². The highest BCUT2D eigenvalue weighted by Crippen LogP contribution is 2.07. The summed E-state index contributed by atoms with van der Waals surface area (Å²) in [5.41, 5.74) is 0. The van der Waals surface area contributed by atoms with E-state index < -0.39 is 0 Å². The standard InChI is InChI=1S/C8H11N3/c1-3-6-11-7-5-10-8(11)9-4-2/h3-7H,1-2H3/b6-3-,9-4?. The van der Waals surface area contributed by atoms with E-state index in [1.165, 1.54) is 0 Å². The Morgan fingerprint density at radius 2 is 2.36 bits per heavy atom. The zero-order valence-corrected chi connectivity index (χ0v) is 6.73. The van der Waals surface area contributed by atoms with E-state index in [0.717, 1.165) is 0 Å². The zero-order valence-electron chi connectivity index (χ0n) is 6.73. The third-order valence-electron chi connectivity index (χ3n) is 1.20. The molecule has 1 rings (SSSR count). The van der Waals surface area contributed by atoms with Gasteiger partial charge in [-0.05, 0) is 13.8 Å². The second kappa shape index (κ2) is 3.71. The lowest BCUT2D eigenvalue weighted by atomic mass is 10.7. The molecule has 0 atom stereocenters. The number of rotatable bonds is 2. The summed E-state index contributed by atoms with van der Waals surface area (Å²) >= 11 is 0. The minimum atomic E-state index is 0.714. The lowest BCUT2D eigenvalue weighted by Crippen LogP contribution is -1.81. The Balaban J connectivity index is 2.95. The predicted molar refractivity (Wildman–Crippen MR) is 47.1 cm³/mol. The zero-order chi connectivity index (χ0) is 8.10. The van der Waals surface area contributed by atoms with Crippen LogP contribution in [0.1, 0.15) is 13.8 Å². The highest BCUT2D eigenvalue weighted by atomic mass is 15.1. The summed E-state index contributed by atoms with van der Waals surface area (Å²) in [7, 11) is 0. The van der Waals surface area contributed by atoms with Crippen molar-refractivity contribution >= 4 is 18.4 Å². The largest absolute Gasteiger partial charge is 0.292 e. The van der Waals surface area contributed by atoms with Crippen molar-refractivity contribution in [2.24, 2.45) is 4.99 Å². The van der Waals surface area contributed by atoms with Crippen molar-refractivity contribution in [3.8, 4) is 0 Å². The first-order chi connectivity index (χ1) is 5.38. The van der Waals surface area contributed by atoms with Crippen LogP contribution < -0.4 is 0 Å². The van der Waals surface area contributed by atoms with E-state index in [9.17, 15) is 0 Å². The van der Waals surface area contributed by atoms with Gasteiger partial charge in [-0.2, -0.15) is 0 Å². The van der Waals surface area contributed by atoms with Crippen LogP contribution in [0.2, 0.25) is 0 Å². The molecular weight excluding hydrogens is 138 g/mol. The third kappa shape index (κ3) is 1.77. The molecule has 0 spiro atoms. The Labute approximate surface area is 66.1 Å². The molecule has 3 nitrogen and oxygen atoms in total. The van der Waals surface area contributed by atoms with E-state index in [1.807, 2.05) is 36.9 Å². The highest BCUT2D eigenvalue weighted by molar-refractivity contribution is 5.58. The van der Waals surface area contributed by atoms with E-state index in [-0.39, 0.29) is 0 Å². The van der Waals surface area contributed by atoms with Gasteiger partial charge < -0.3 is 0 Å². The molecule has 0 fully saturated rings. The number of allylic oxidation sites excluding steroid dienone is 1. The predicted octanol–water partition coefficient (Wildman–Crippen LogP) is 2.10. The van der Waals surface area contributed by atoms with Crippen LogP contribution in [0, 0.1) is 0 Å². The van der Waals surface area contributed by atoms with Gasteiger partial charge in [0.1, 0.15) is 0 Å². The molecule has 58 valence electrons. The van der Waals surface area contributed by atoms with Gasteiger partial charge in [-0.15, -0.1) is 0 Å². The highest BCUT2D eigenvalue weighted by Gasteiger charge is 1.92. The van der Waals surface area contributed by atoms with Gasteiger partial charge in [0.05, 0.1) is 0 Å². The Morgan fingerprint density at radius 3 is 3.00 bits per heavy atom. The molecule has 1 aromatic heterocycles.